The second-order valence-corrected chi connectivity index (χ2v) is 6.52. The Morgan fingerprint density at radius 2 is 2.05 bits per heavy atom. The molecule has 19 heavy (non-hydrogen) atoms. The van der Waals surface area contributed by atoms with Crippen molar-refractivity contribution in [2.75, 3.05) is 6.54 Å². The lowest BCUT2D eigenvalue weighted by Gasteiger charge is -2.22. The second-order valence-electron chi connectivity index (χ2n) is 6.09. The van der Waals surface area contributed by atoms with Crippen LogP contribution in [-0.2, 0) is 0 Å². The zero-order valence-electron chi connectivity index (χ0n) is 12.0. The average Bonchev–Trinajstić information content (AvgIpc) is 2.27. The lowest BCUT2D eigenvalue weighted by Crippen LogP contribution is -2.34. The van der Waals surface area contributed by atoms with E-state index in [4.69, 9.17) is 11.6 Å². The first-order valence-corrected chi connectivity index (χ1v) is 6.79. The molecule has 0 aliphatic rings. The highest BCUT2D eigenvalue weighted by Gasteiger charge is 2.18. The van der Waals surface area contributed by atoms with Crippen molar-refractivity contribution in [2.45, 2.75) is 40.2 Å². The van der Waals surface area contributed by atoms with Gasteiger partial charge in [-0.1, -0.05) is 38.4 Å². The Morgan fingerprint density at radius 1 is 1.42 bits per heavy atom. The summed E-state index contributed by atoms with van der Waals surface area (Å²) in [5.41, 5.74) is 1.46. The van der Waals surface area contributed by atoms with Crippen LogP contribution in [0.3, 0.4) is 0 Å². The van der Waals surface area contributed by atoms with Gasteiger partial charge in [-0.2, -0.15) is 0 Å². The predicted octanol–water partition coefficient (Wildman–Crippen LogP) is 3.18. The molecule has 2 N–H and O–H groups in total. The number of hydrogen-bond acceptors (Lipinski definition) is 2. The van der Waals surface area contributed by atoms with Crippen molar-refractivity contribution in [1.82, 2.24) is 5.32 Å². The third-order valence-electron chi connectivity index (χ3n) is 2.79. The topological polar surface area (TPSA) is 49.3 Å². The highest BCUT2D eigenvalue weighted by Crippen LogP contribution is 2.20. The quantitative estimate of drug-likeness (QED) is 0.892. The number of aliphatic hydroxyl groups excluding tert-OH is 1. The molecule has 0 aromatic heterocycles. The molecule has 4 heteroatoms. The minimum Gasteiger partial charge on any atom is -0.391 e. The summed E-state index contributed by atoms with van der Waals surface area (Å²) >= 11 is 5.88. The van der Waals surface area contributed by atoms with Gasteiger partial charge in [0.15, 0.2) is 0 Å². The Bertz CT molecular complexity index is 452. The Balaban J connectivity index is 2.58. The van der Waals surface area contributed by atoms with Gasteiger partial charge in [-0.3, -0.25) is 4.79 Å². The summed E-state index contributed by atoms with van der Waals surface area (Å²) in [5.74, 6) is -0.201. The molecule has 0 radical (unpaired) electrons. The summed E-state index contributed by atoms with van der Waals surface area (Å²) in [7, 11) is 0. The van der Waals surface area contributed by atoms with E-state index in [1.165, 1.54) is 0 Å². The van der Waals surface area contributed by atoms with Crippen molar-refractivity contribution in [3.8, 4) is 0 Å². The number of benzene rings is 1. The third kappa shape index (κ3) is 5.62. The van der Waals surface area contributed by atoms with Crippen LogP contribution in [0.4, 0.5) is 0 Å². The summed E-state index contributed by atoms with van der Waals surface area (Å²) in [6.45, 7) is 8.27. The van der Waals surface area contributed by atoms with E-state index >= 15 is 0 Å². The van der Waals surface area contributed by atoms with Crippen molar-refractivity contribution < 1.29 is 9.90 Å². The van der Waals surface area contributed by atoms with E-state index in [2.05, 4.69) is 26.1 Å². The van der Waals surface area contributed by atoms with E-state index in [1.54, 1.807) is 12.1 Å². The van der Waals surface area contributed by atoms with Crippen molar-refractivity contribution in [1.29, 1.82) is 0 Å². The van der Waals surface area contributed by atoms with Crippen molar-refractivity contribution >= 4 is 17.5 Å². The molecule has 3 nitrogen and oxygen atoms in total. The van der Waals surface area contributed by atoms with E-state index in [0.717, 1.165) is 5.56 Å². The van der Waals surface area contributed by atoms with Crippen LogP contribution in [0.5, 0.6) is 0 Å². The molecule has 0 saturated heterocycles. The third-order valence-corrected chi connectivity index (χ3v) is 3.03. The number of aliphatic hydroxyl groups is 1. The molecule has 0 aliphatic carbocycles. The van der Waals surface area contributed by atoms with Crippen LogP contribution < -0.4 is 5.32 Å². The average molecular weight is 284 g/mol. The second kappa shape index (κ2) is 6.40. The van der Waals surface area contributed by atoms with Gasteiger partial charge >= 0.3 is 0 Å². The Labute approximate surface area is 120 Å². The van der Waals surface area contributed by atoms with Crippen LogP contribution in [-0.4, -0.2) is 23.7 Å². The fourth-order valence-corrected chi connectivity index (χ4v) is 2.10. The Hall–Kier alpha value is -1.06. The summed E-state index contributed by atoms with van der Waals surface area (Å²) in [6, 6.07) is 5.20. The number of nitrogens with one attached hydrogen (secondary N) is 1. The zero-order chi connectivity index (χ0) is 14.6. The summed E-state index contributed by atoms with van der Waals surface area (Å²) < 4.78 is 0. The van der Waals surface area contributed by atoms with Gasteiger partial charge in [0.2, 0.25) is 0 Å². The van der Waals surface area contributed by atoms with Gasteiger partial charge < -0.3 is 10.4 Å². The molecule has 0 aliphatic heterocycles. The van der Waals surface area contributed by atoms with E-state index in [-0.39, 0.29) is 17.9 Å². The van der Waals surface area contributed by atoms with E-state index in [0.29, 0.717) is 17.0 Å². The minimum absolute atomic E-state index is 0.0378. The summed E-state index contributed by atoms with van der Waals surface area (Å²) in [4.78, 5) is 12.0. The number of amides is 1. The van der Waals surface area contributed by atoms with Crippen LogP contribution in [0.25, 0.3) is 0 Å². The molecule has 1 atom stereocenters. The first kappa shape index (κ1) is 16.0. The predicted molar refractivity (Wildman–Crippen MR) is 78.6 cm³/mol. The smallest absolute Gasteiger partial charge is 0.251 e. The van der Waals surface area contributed by atoms with E-state index in [1.807, 2.05) is 13.0 Å². The molecule has 1 amide bonds. The fraction of sp³-hybridized carbons (Fsp3) is 0.533. The molecule has 106 valence electrons. The van der Waals surface area contributed by atoms with Crippen LogP contribution in [0.2, 0.25) is 5.02 Å². The molecule has 0 fully saturated rings. The van der Waals surface area contributed by atoms with Crippen molar-refractivity contribution in [3.63, 3.8) is 0 Å². The number of carbonyl (C=O) groups excluding carboxylic acids is 1. The Morgan fingerprint density at radius 3 is 2.63 bits per heavy atom. The number of carbonyl (C=O) groups is 1. The molecular formula is C15H22ClNO2. The maximum absolute atomic E-state index is 12.0. The lowest BCUT2D eigenvalue weighted by molar-refractivity contribution is 0.0868. The first-order chi connectivity index (χ1) is 8.69. The van der Waals surface area contributed by atoms with Gasteiger partial charge in [-0.25, -0.2) is 0 Å². The SMILES string of the molecule is Cc1ccc(Cl)cc1C(=O)NCC(O)CC(C)(C)C. The number of halogens is 1. The van der Waals surface area contributed by atoms with Gasteiger partial charge in [-0.15, -0.1) is 0 Å². The van der Waals surface area contributed by atoms with Gasteiger partial charge in [0.05, 0.1) is 6.10 Å². The summed E-state index contributed by atoms with van der Waals surface area (Å²) in [5, 5.41) is 13.1. The maximum Gasteiger partial charge on any atom is 0.251 e. The largest absolute Gasteiger partial charge is 0.391 e. The number of aryl methyl sites for hydroxylation is 1. The molecular weight excluding hydrogens is 262 g/mol. The monoisotopic (exact) mass is 283 g/mol. The lowest BCUT2D eigenvalue weighted by atomic mass is 9.89. The van der Waals surface area contributed by atoms with Crippen LogP contribution in [0, 0.1) is 12.3 Å². The molecule has 1 rings (SSSR count). The van der Waals surface area contributed by atoms with Gasteiger partial charge in [0.1, 0.15) is 0 Å². The fourth-order valence-electron chi connectivity index (χ4n) is 1.92. The molecule has 0 saturated carbocycles. The summed E-state index contributed by atoms with van der Waals surface area (Å²) in [6.07, 6.45) is 0.102. The van der Waals surface area contributed by atoms with Crippen molar-refractivity contribution in [2.24, 2.45) is 5.41 Å². The minimum atomic E-state index is -0.538. The zero-order valence-corrected chi connectivity index (χ0v) is 12.7. The van der Waals surface area contributed by atoms with Gasteiger partial charge in [-0.05, 0) is 36.5 Å². The Kier molecular flexibility index (Phi) is 5.39. The number of hydrogen-bond donors (Lipinski definition) is 2. The normalized spacial score (nSPS) is 13.2. The van der Waals surface area contributed by atoms with E-state index in [9.17, 15) is 9.90 Å². The standard InChI is InChI=1S/C15H22ClNO2/c1-10-5-6-11(16)7-13(10)14(19)17-9-12(18)8-15(2,3)4/h5-7,12,18H,8-9H2,1-4H3,(H,17,19). The first-order valence-electron chi connectivity index (χ1n) is 6.41. The van der Waals surface area contributed by atoms with Gasteiger partial charge in [0, 0.05) is 17.1 Å². The van der Waals surface area contributed by atoms with Crippen LogP contribution in [0.15, 0.2) is 18.2 Å². The highest BCUT2D eigenvalue weighted by molar-refractivity contribution is 6.31. The molecule has 1 unspecified atom stereocenters. The molecule has 0 bridgehead atoms. The number of rotatable bonds is 4. The van der Waals surface area contributed by atoms with Crippen LogP contribution >= 0.6 is 11.6 Å². The molecule has 1 aromatic carbocycles. The molecule has 1 aromatic rings. The van der Waals surface area contributed by atoms with Crippen LogP contribution in [0.1, 0.15) is 43.1 Å². The highest BCUT2D eigenvalue weighted by atomic mass is 35.5. The maximum atomic E-state index is 12.0. The molecule has 0 heterocycles. The molecule has 0 spiro atoms. The van der Waals surface area contributed by atoms with Crippen molar-refractivity contribution in [3.05, 3.63) is 34.3 Å². The van der Waals surface area contributed by atoms with E-state index < -0.39 is 6.10 Å². The van der Waals surface area contributed by atoms with Gasteiger partial charge in [0.25, 0.3) is 5.91 Å².